The van der Waals surface area contributed by atoms with E-state index in [1.54, 1.807) is 10.9 Å². The van der Waals surface area contributed by atoms with Crippen LogP contribution in [0, 0.1) is 0 Å². The summed E-state index contributed by atoms with van der Waals surface area (Å²) in [7, 11) is 0. The standard InChI is InChI=1S/C18H23ClN4O2/c1-4-22(12-17(24)21-13(2)3)18(25)15-9-20-23(11-15)10-14-7-5-6-8-16(14)19/h5-9,11,13H,4,10,12H2,1-3H3,(H,21,24). The van der Waals surface area contributed by atoms with Crippen molar-refractivity contribution in [2.24, 2.45) is 0 Å². The second kappa shape index (κ2) is 8.67. The normalized spacial score (nSPS) is 10.8. The lowest BCUT2D eigenvalue weighted by Crippen LogP contribution is -2.42. The highest BCUT2D eigenvalue weighted by atomic mass is 35.5. The van der Waals surface area contributed by atoms with Crippen LogP contribution in [0.5, 0.6) is 0 Å². The molecule has 1 N–H and O–H groups in total. The Kier molecular flexibility index (Phi) is 6.58. The first kappa shape index (κ1) is 19.0. The van der Waals surface area contributed by atoms with Crippen LogP contribution in [0.1, 0.15) is 36.7 Å². The van der Waals surface area contributed by atoms with Gasteiger partial charge in [-0.2, -0.15) is 5.10 Å². The van der Waals surface area contributed by atoms with Crippen molar-refractivity contribution in [3.8, 4) is 0 Å². The molecular weight excluding hydrogens is 340 g/mol. The summed E-state index contributed by atoms with van der Waals surface area (Å²) in [6, 6.07) is 7.55. The van der Waals surface area contributed by atoms with E-state index in [0.29, 0.717) is 23.7 Å². The summed E-state index contributed by atoms with van der Waals surface area (Å²) in [6.45, 7) is 6.56. The second-order valence-electron chi connectivity index (χ2n) is 6.06. The molecule has 1 aromatic carbocycles. The zero-order valence-electron chi connectivity index (χ0n) is 14.7. The summed E-state index contributed by atoms with van der Waals surface area (Å²) in [5.41, 5.74) is 1.38. The van der Waals surface area contributed by atoms with E-state index < -0.39 is 0 Å². The number of hydrogen-bond donors (Lipinski definition) is 1. The molecule has 0 fully saturated rings. The van der Waals surface area contributed by atoms with Gasteiger partial charge in [-0.25, -0.2) is 0 Å². The third kappa shape index (κ3) is 5.32. The minimum atomic E-state index is -0.216. The summed E-state index contributed by atoms with van der Waals surface area (Å²) < 4.78 is 1.66. The van der Waals surface area contributed by atoms with Crippen LogP contribution >= 0.6 is 11.6 Å². The van der Waals surface area contributed by atoms with Gasteiger partial charge in [0.2, 0.25) is 5.91 Å². The third-order valence-corrected chi connectivity index (χ3v) is 3.99. The fourth-order valence-electron chi connectivity index (χ4n) is 2.41. The van der Waals surface area contributed by atoms with Crippen LogP contribution in [-0.4, -0.2) is 45.6 Å². The Morgan fingerprint density at radius 2 is 2.04 bits per heavy atom. The Labute approximate surface area is 152 Å². The second-order valence-corrected chi connectivity index (χ2v) is 6.47. The largest absolute Gasteiger partial charge is 0.352 e. The Morgan fingerprint density at radius 1 is 1.32 bits per heavy atom. The molecule has 2 rings (SSSR count). The molecular formula is C18H23ClN4O2. The first-order valence-corrected chi connectivity index (χ1v) is 8.63. The lowest BCUT2D eigenvalue weighted by atomic mass is 10.2. The van der Waals surface area contributed by atoms with Crippen molar-refractivity contribution in [2.45, 2.75) is 33.4 Å². The van der Waals surface area contributed by atoms with E-state index in [1.807, 2.05) is 45.0 Å². The van der Waals surface area contributed by atoms with Crippen LogP contribution in [0.2, 0.25) is 5.02 Å². The van der Waals surface area contributed by atoms with Crippen molar-refractivity contribution in [1.82, 2.24) is 20.0 Å². The Morgan fingerprint density at radius 3 is 2.68 bits per heavy atom. The Hall–Kier alpha value is -2.34. The van der Waals surface area contributed by atoms with Crippen molar-refractivity contribution in [2.75, 3.05) is 13.1 Å². The SMILES string of the molecule is CCN(CC(=O)NC(C)C)C(=O)c1cnn(Cc2ccccc2Cl)c1. The van der Waals surface area contributed by atoms with Crippen LogP contribution in [0.25, 0.3) is 0 Å². The average Bonchev–Trinajstić information content (AvgIpc) is 3.02. The predicted molar refractivity (Wildman–Crippen MR) is 97.6 cm³/mol. The maximum absolute atomic E-state index is 12.6. The lowest BCUT2D eigenvalue weighted by molar-refractivity contribution is -0.122. The zero-order valence-corrected chi connectivity index (χ0v) is 15.5. The van der Waals surface area contributed by atoms with Crippen molar-refractivity contribution in [3.63, 3.8) is 0 Å². The van der Waals surface area contributed by atoms with Crippen molar-refractivity contribution >= 4 is 23.4 Å². The fourth-order valence-corrected chi connectivity index (χ4v) is 2.61. The smallest absolute Gasteiger partial charge is 0.257 e. The van der Waals surface area contributed by atoms with Crippen LogP contribution in [0.15, 0.2) is 36.7 Å². The van der Waals surface area contributed by atoms with Crippen LogP contribution < -0.4 is 5.32 Å². The van der Waals surface area contributed by atoms with E-state index in [1.165, 1.54) is 11.1 Å². The summed E-state index contributed by atoms with van der Waals surface area (Å²) in [5, 5.41) is 7.68. The van der Waals surface area contributed by atoms with Crippen molar-refractivity contribution in [3.05, 3.63) is 52.8 Å². The summed E-state index contributed by atoms with van der Waals surface area (Å²) in [5.74, 6) is -0.388. The number of rotatable bonds is 7. The van der Waals surface area contributed by atoms with Crippen LogP contribution in [-0.2, 0) is 11.3 Å². The highest BCUT2D eigenvalue weighted by molar-refractivity contribution is 6.31. The first-order valence-electron chi connectivity index (χ1n) is 8.25. The van der Waals surface area contributed by atoms with Gasteiger partial charge in [0.1, 0.15) is 0 Å². The number of benzene rings is 1. The maximum Gasteiger partial charge on any atom is 0.257 e. The lowest BCUT2D eigenvalue weighted by Gasteiger charge is -2.20. The third-order valence-electron chi connectivity index (χ3n) is 3.62. The fraction of sp³-hybridized carbons (Fsp3) is 0.389. The van der Waals surface area contributed by atoms with Crippen molar-refractivity contribution < 1.29 is 9.59 Å². The van der Waals surface area contributed by atoms with E-state index in [4.69, 9.17) is 11.6 Å². The first-order chi connectivity index (χ1) is 11.9. The molecule has 1 aromatic heterocycles. The molecule has 0 aliphatic rings. The van der Waals surface area contributed by atoms with Crippen LogP contribution in [0.3, 0.4) is 0 Å². The molecule has 7 heteroatoms. The van der Waals surface area contributed by atoms with Gasteiger partial charge in [-0.3, -0.25) is 14.3 Å². The minimum Gasteiger partial charge on any atom is -0.352 e. The molecule has 2 aromatic rings. The van der Waals surface area contributed by atoms with Gasteiger partial charge in [-0.05, 0) is 32.4 Å². The van der Waals surface area contributed by atoms with Gasteiger partial charge in [0.15, 0.2) is 0 Å². The van der Waals surface area contributed by atoms with Crippen molar-refractivity contribution in [1.29, 1.82) is 0 Å². The molecule has 1 heterocycles. The van der Waals surface area contributed by atoms with Crippen LogP contribution in [0.4, 0.5) is 0 Å². The monoisotopic (exact) mass is 362 g/mol. The number of aromatic nitrogens is 2. The Balaban J connectivity index is 2.05. The zero-order chi connectivity index (χ0) is 18.4. The van der Waals surface area contributed by atoms with Gasteiger partial charge in [-0.1, -0.05) is 29.8 Å². The molecule has 0 spiro atoms. The minimum absolute atomic E-state index is 0.0310. The molecule has 0 aliphatic heterocycles. The van der Waals surface area contributed by atoms with Gasteiger partial charge >= 0.3 is 0 Å². The number of halogens is 1. The number of nitrogens with zero attached hydrogens (tertiary/aromatic N) is 3. The molecule has 6 nitrogen and oxygen atoms in total. The van der Waals surface area contributed by atoms with E-state index in [2.05, 4.69) is 10.4 Å². The number of hydrogen-bond acceptors (Lipinski definition) is 3. The number of amides is 2. The summed E-state index contributed by atoms with van der Waals surface area (Å²) in [4.78, 5) is 26.0. The molecule has 0 radical (unpaired) electrons. The van der Waals surface area contributed by atoms with Gasteiger partial charge in [0.25, 0.3) is 5.91 Å². The Bertz CT molecular complexity index is 742. The summed E-state index contributed by atoms with van der Waals surface area (Å²) >= 11 is 6.15. The molecule has 134 valence electrons. The average molecular weight is 363 g/mol. The predicted octanol–water partition coefficient (Wildman–Crippen LogP) is 2.57. The molecule has 0 unspecified atom stereocenters. The highest BCUT2D eigenvalue weighted by Crippen LogP contribution is 2.16. The number of likely N-dealkylation sites (N-methyl/N-ethyl adjacent to an activating group) is 1. The highest BCUT2D eigenvalue weighted by Gasteiger charge is 2.19. The number of nitrogens with one attached hydrogen (secondary N) is 1. The topological polar surface area (TPSA) is 67.2 Å². The molecule has 0 atom stereocenters. The van der Waals surface area contributed by atoms with Gasteiger partial charge in [-0.15, -0.1) is 0 Å². The van der Waals surface area contributed by atoms with E-state index >= 15 is 0 Å². The molecule has 2 amide bonds. The molecule has 0 saturated carbocycles. The molecule has 25 heavy (non-hydrogen) atoms. The number of carbonyl (C=O) groups excluding carboxylic acids is 2. The van der Waals surface area contributed by atoms with E-state index in [-0.39, 0.29) is 24.4 Å². The number of carbonyl (C=O) groups is 2. The van der Waals surface area contributed by atoms with Gasteiger partial charge in [0.05, 0.1) is 24.8 Å². The van der Waals surface area contributed by atoms with Gasteiger partial charge in [0, 0.05) is 23.8 Å². The maximum atomic E-state index is 12.6. The summed E-state index contributed by atoms with van der Waals surface area (Å²) in [6.07, 6.45) is 3.19. The quantitative estimate of drug-likeness (QED) is 0.823. The van der Waals surface area contributed by atoms with E-state index in [0.717, 1.165) is 5.56 Å². The molecule has 0 saturated heterocycles. The molecule has 0 aliphatic carbocycles. The van der Waals surface area contributed by atoms with E-state index in [9.17, 15) is 9.59 Å². The van der Waals surface area contributed by atoms with Gasteiger partial charge < -0.3 is 10.2 Å². The molecule has 0 bridgehead atoms.